The number of nitrogens with one attached hydrogen (secondary N) is 1. The lowest BCUT2D eigenvalue weighted by Crippen LogP contribution is -2.45. The highest BCUT2D eigenvalue weighted by atomic mass is 16.5. The summed E-state index contributed by atoms with van der Waals surface area (Å²) >= 11 is 0. The SMILES string of the molecule is CCc1ccc(NC(=O)/C(C#N)=C/c2cc3c(cc2OC)N(C)C(C)(C)CC3C)cc1. The Hall–Kier alpha value is -3.26. The molecule has 2 aromatic carbocycles. The van der Waals surface area contributed by atoms with E-state index in [-0.39, 0.29) is 11.1 Å². The predicted octanol–water partition coefficient (Wildman–Crippen LogP) is 5.53. The molecule has 0 spiro atoms. The summed E-state index contributed by atoms with van der Waals surface area (Å²) in [5.74, 6) is 0.567. The highest BCUT2D eigenvalue weighted by molar-refractivity contribution is 6.09. The standard InChI is InChI=1S/C26H31N3O2/c1-7-18-8-10-21(11-9-18)28-25(30)20(16-27)12-19-13-22-17(2)15-26(3,4)29(5)23(22)14-24(19)31-6/h8-14,17H,7,15H2,1-6H3,(H,28,30)/b20-12+. The van der Waals surface area contributed by atoms with E-state index in [0.717, 1.165) is 24.1 Å². The van der Waals surface area contributed by atoms with Crippen LogP contribution in [0.2, 0.25) is 0 Å². The van der Waals surface area contributed by atoms with Gasteiger partial charge in [0, 0.05) is 35.6 Å². The molecule has 1 heterocycles. The third kappa shape index (κ3) is 4.59. The average molecular weight is 418 g/mol. The number of nitriles is 1. The molecule has 1 atom stereocenters. The van der Waals surface area contributed by atoms with Gasteiger partial charge in [0.1, 0.15) is 17.4 Å². The van der Waals surface area contributed by atoms with E-state index in [4.69, 9.17) is 4.74 Å². The summed E-state index contributed by atoms with van der Waals surface area (Å²) in [6, 6.07) is 13.7. The molecule has 0 bridgehead atoms. The van der Waals surface area contributed by atoms with Gasteiger partial charge in [0.15, 0.2) is 0 Å². The summed E-state index contributed by atoms with van der Waals surface area (Å²) in [5, 5.41) is 12.5. The molecular weight excluding hydrogens is 386 g/mol. The van der Waals surface area contributed by atoms with Crippen molar-refractivity contribution in [2.24, 2.45) is 0 Å². The van der Waals surface area contributed by atoms with Gasteiger partial charge in [0.25, 0.3) is 5.91 Å². The Morgan fingerprint density at radius 2 is 2.00 bits per heavy atom. The van der Waals surface area contributed by atoms with Crippen LogP contribution >= 0.6 is 0 Å². The number of nitrogens with zero attached hydrogens (tertiary/aromatic N) is 2. The van der Waals surface area contributed by atoms with E-state index >= 15 is 0 Å². The summed E-state index contributed by atoms with van der Waals surface area (Å²) in [7, 11) is 3.70. The lowest BCUT2D eigenvalue weighted by molar-refractivity contribution is -0.112. The summed E-state index contributed by atoms with van der Waals surface area (Å²) in [6.45, 7) is 8.76. The number of carbonyl (C=O) groups excluding carboxylic acids is 1. The highest BCUT2D eigenvalue weighted by Crippen LogP contribution is 2.45. The van der Waals surface area contributed by atoms with E-state index in [1.165, 1.54) is 11.1 Å². The van der Waals surface area contributed by atoms with Crippen LogP contribution in [0, 0.1) is 11.3 Å². The smallest absolute Gasteiger partial charge is 0.266 e. The Kier molecular flexibility index (Phi) is 6.40. The van der Waals surface area contributed by atoms with Gasteiger partial charge >= 0.3 is 0 Å². The number of amides is 1. The molecule has 1 aliphatic heterocycles. The predicted molar refractivity (Wildman–Crippen MR) is 127 cm³/mol. The third-order valence-electron chi connectivity index (χ3n) is 6.27. The van der Waals surface area contributed by atoms with Gasteiger partial charge in [-0.3, -0.25) is 4.79 Å². The minimum Gasteiger partial charge on any atom is -0.496 e. The molecule has 1 unspecified atom stereocenters. The number of benzene rings is 2. The van der Waals surface area contributed by atoms with Crippen molar-refractivity contribution in [2.45, 2.75) is 52.0 Å². The molecule has 5 heteroatoms. The Morgan fingerprint density at radius 3 is 2.58 bits per heavy atom. The third-order valence-corrected chi connectivity index (χ3v) is 6.27. The van der Waals surface area contributed by atoms with Crippen LogP contribution in [-0.2, 0) is 11.2 Å². The molecule has 0 saturated heterocycles. The molecular formula is C26H31N3O2. The zero-order chi connectivity index (χ0) is 22.8. The van der Waals surface area contributed by atoms with E-state index in [1.807, 2.05) is 42.5 Å². The quantitative estimate of drug-likeness (QED) is 0.513. The van der Waals surface area contributed by atoms with Crippen LogP contribution in [0.4, 0.5) is 11.4 Å². The first kappa shape index (κ1) is 22.4. The molecule has 2 aromatic rings. The van der Waals surface area contributed by atoms with Gasteiger partial charge < -0.3 is 15.0 Å². The molecule has 0 fully saturated rings. The van der Waals surface area contributed by atoms with E-state index in [1.54, 1.807) is 13.2 Å². The maximum atomic E-state index is 12.7. The second-order valence-electron chi connectivity index (χ2n) is 8.80. The lowest BCUT2D eigenvalue weighted by Gasteiger charge is -2.45. The average Bonchev–Trinajstić information content (AvgIpc) is 2.75. The number of ether oxygens (including phenoxy) is 1. The van der Waals surface area contributed by atoms with Crippen LogP contribution < -0.4 is 15.0 Å². The Labute approximate surface area is 185 Å². The number of methoxy groups -OCH3 is 1. The fourth-order valence-corrected chi connectivity index (χ4v) is 4.23. The number of carbonyl (C=O) groups is 1. The van der Waals surface area contributed by atoms with Gasteiger partial charge in [0.2, 0.25) is 0 Å². The second-order valence-corrected chi connectivity index (χ2v) is 8.80. The lowest BCUT2D eigenvalue weighted by atomic mass is 9.80. The van der Waals surface area contributed by atoms with Gasteiger partial charge in [-0.1, -0.05) is 26.0 Å². The van der Waals surface area contributed by atoms with Gasteiger partial charge in [-0.2, -0.15) is 5.26 Å². The van der Waals surface area contributed by atoms with Gasteiger partial charge in [-0.05, 0) is 68.0 Å². The molecule has 0 aromatic heterocycles. The normalized spacial score (nSPS) is 17.5. The van der Waals surface area contributed by atoms with E-state index in [9.17, 15) is 10.1 Å². The fourth-order valence-electron chi connectivity index (χ4n) is 4.23. The minimum absolute atomic E-state index is 0.0370. The number of anilines is 2. The molecule has 0 saturated carbocycles. The molecule has 0 aliphatic carbocycles. The maximum absolute atomic E-state index is 12.7. The van der Waals surface area contributed by atoms with Crippen molar-refractivity contribution >= 4 is 23.4 Å². The van der Waals surface area contributed by atoms with Crippen LogP contribution in [-0.4, -0.2) is 25.6 Å². The van der Waals surface area contributed by atoms with E-state index in [0.29, 0.717) is 17.4 Å². The largest absolute Gasteiger partial charge is 0.496 e. The number of aryl methyl sites for hydroxylation is 1. The number of rotatable bonds is 5. The first-order chi connectivity index (χ1) is 14.7. The molecule has 5 nitrogen and oxygen atoms in total. The van der Waals surface area contributed by atoms with Crippen LogP contribution in [0.3, 0.4) is 0 Å². The maximum Gasteiger partial charge on any atom is 0.266 e. The van der Waals surface area contributed by atoms with Crippen LogP contribution in [0.25, 0.3) is 6.08 Å². The zero-order valence-corrected chi connectivity index (χ0v) is 19.2. The van der Waals surface area contributed by atoms with Crippen LogP contribution in [0.15, 0.2) is 42.0 Å². The van der Waals surface area contributed by atoms with Crippen LogP contribution in [0.5, 0.6) is 5.75 Å². The van der Waals surface area contributed by atoms with Crippen molar-refractivity contribution in [1.29, 1.82) is 5.26 Å². The Balaban J connectivity index is 1.95. The number of fused-ring (bicyclic) bond motifs is 1. The van der Waals surface area contributed by atoms with E-state index < -0.39 is 5.91 Å². The monoisotopic (exact) mass is 417 g/mol. The minimum atomic E-state index is -0.433. The van der Waals surface area contributed by atoms with Crippen molar-refractivity contribution in [3.63, 3.8) is 0 Å². The Morgan fingerprint density at radius 1 is 1.32 bits per heavy atom. The first-order valence-corrected chi connectivity index (χ1v) is 10.7. The van der Waals surface area contributed by atoms with Gasteiger partial charge in [-0.15, -0.1) is 0 Å². The van der Waals surface area contributed by atoms with Gasteiger partial charge in [0.05, 0.1) is 7.11 Å². The molecule has 0 radical (unpaired) electrons. The van der Waals surface area contributed by atoms with Crippen molar-refractivity contribution in [2.75, 3.05) is 24.4 Å². The molecule has 31 heavy (non-hydrogen) atoms. The zero-order valence-electron chi connectivity index (χ0n) is 19.2. The molecule has 1 amide bonds. The van der Waals surface area contributed by atoms with Crippen LogP contribution in [0.1, 0.15) is 56.7 Å². The fraction of sp³-hybridized carbons (Fsp3) is 0.385. The second kappa shape index (κ2) is 8.85. The van der Waals surface area contributed by atoms with Crippen molar-refractivity contribution in [3.8, 4) is 11.8 Å². The topological polar surface area (TPSA) is 65.4 Å². The molecule has 1 aliphatic rings. The number of hydrogen-bond acceptors (Lipinski definition) is 4. The summed E-state index contributed by atoms with van der Waals surface area (Å²) in [5.41, 5.74) is 4.98. The molecule has 3 rings (SSSR count). The van der Waals surface area contributed by atoms with Crippen molar-refractivity contribution < 1.29 is 9.53 Å². The summed E-state index contributed by atoms with van der Waals surface area (Å²) in [4.78, 5) is 15.0. The van der Waals surface area contributed by atoms with Crippen molar-refractivity contribution in [3.05, 3.63) is 58.7 Å². The molecule has 1 N–H and O–H groups in total. The van der Waals surface area contributed by atoms with Gasteiger partial charge in [-0.25, -0.2) is 0 Å². The summed E-state index contributed by atoms with van der Waals surface area (Å²) < 4.78 is 5.62. The number of hydrogen-bond donors (Lipinski definition) is 1. The first-order valence-electron chi connectivity index (χ1n) is 10.7. The van der Waals surface area contributed by atoms with E-state index in [2.05, 4.69) is 45.0 Å². The van der Waals surface area contributed by atoms with Crippen molar-refractivity contribution in [1.82, 2.24) is 0 Å². The Bertz CT molecular complexity index is 1050. The highest BCUT2D eigenvalue weighted by Gasteiger charge is 2.34. The molecule has 162 valence electrons. The summed E-state index contributed by atoms with van der Waals surface area (Å²) in [6.07, 6.45) is 3.56.